The van der Waals surface area contributed by atoms with Gasteiger partial charge in [-0.2, -0.15) is 0 Å². The summed E-state index contributed by atoms with van der Waals surface area (Å²) in [5.74, 6) is 0.0291. The van der Waals surface area contributed by atoms with Crippen LogP contribution < -0.4 is 19.5 Å². The standard InChI is InChI=1S/C36H45NO8/c1-6-7-8-9-13-22-42-29-19-17-28(18-20-29)33(38)44-31-21-16-27(24-32(31)41-5)23-30(34(39)45-36(2,3)4)37-35(40)43-25-26-14-11-10-12-15-26/h10-12,14-21,24,30H,6-9,13,22-23,25H2,1-5H3,(H,37,40)/t30-/m0/s1. The van der Waals surface area contributed by atoms with Crippen molar-refractivity contribution in [2.24, 2.45) is 0 Å². The van der Waals surface area contributed by atoms with Gasteiger partial charge in [0.1, 0.15) is 24.0 Å². The lowest BCUT2D eigenvalue weighted by molar-refractivity contribution is -0.157. The Bertz CT molecular complexity index is 1370. The lowest BCUT2D eigenvalue weighted by Gasteiger charge is -2.24. The number of carbonyl (C=O) groups excluding carboxylic acids is 3. The Balaban J connectivity index is 1.63. The van der Waals surface area contributed by atoms with Crippen LogP contribution in [0.4, 0.5) is 4.79 Å². The van der Waals surface area contributed by atoms with Gasteiger partial charge in [-0.1, -0.05) is 69.0 Å². The van der Waals surface area contributed by atoms with Crippen molar-refractivity contribution >= 4 is 18.0 Å². The second kappa shape index (κ2) is 17.7. The van der Waals surface area contributed by atoms with E-state index in [4.69, 9.17) is 23.7 Å². The fraction of sp³-hybridized carbons (Fsp3) is 0.417. The van der Waals surface area contributed by atoms with E-state index in [1.807, 2.05) is 30.3 Å². The van der Waals surface area contributed by atoms with Gasteiger partial charge in [0, 0.05) is 6.42 Å². The van der Waals surface area contributed by atoms with Crippen LogP contribution in [0.15, 0.2) is 72.8 Å². The summed E-state index contributed by atoms with van der Waals surface area (Å²) in [6.45, 7) is 8.12. The van der Waals surface area contributed by atoms with Crippen LogP contribution in [0, 0.1) is 0 Å². The fourth-order valence-electron chi connectivity index (χ4n) is 4.37. The first-order valence-electron chi connectivity index (χ1n) is 15.4. The summed E-state index contributed by atoms with van der Waals surface area (Å²) >= 11 is 0. The molecule has 0 aliphatic carbocycles. The Morgan fingerprint density at radius 1 is 0.822 bits per heavy atom. The highest BCUT2D eigenvalue weighted by Gasteiger charge is 2.28. The molecule has 0 bridgehead atoms. The molecule has 1 N–H and O–H groups in total. The summed E-state index contributed by atoms with van der Waals surface area (Å²) in [6, 6.07) is 19.9. The summed E-state index contributed by atoms with van der Waals surface area (Å²) in [5.41, 5.74) is 1.05. The molecule has 0 heterocycles. The molecule has 242 valence electrons. The maximum Gasteiger partial charge on any atom is 0.408 e. The minimum absolute atomic E-state index is 0.0521. The van der Waals surface area contributed by atoms with Gasteiger partial charge in [-0.25, -0.2) is 14.4 Å². The Morgan fingerprint density at radius 2 is 1.53 bits per heavy atom. The van der Waals surface area contributed by atoms with Gasteiger partial charge in [-0.15, -0.1) is 0 Å². The summed E-state index contributed by atoms with van der Waals surface area (Å²) in [6.07, 6.45) is 5.11. The molecule has 1 atom stereocenters. The number of rotatable bonds is 16. The summed E-state index contributed by atoms with van der Waals surface area (Å²) < 4.78 is 27.8. The van der Waals surface area contributed by atoms with Gasteiger partial charge in [0.05, 0.1) is 19.3 Å². The molecule has 3 aromatic carbocycles. The molecule has 0 fully saturated rings. The van der Waals surface area contributed by atoms with Crippen LogP contribution in [0.1, 0.15) is 81.3 Å². The van der Waals surface area contributed by atoms with Crippen LogP contribution in [-0.2, 0) is 27.3 Å². The molecule has 3 rings (SSSR count). The van der Waals surface area contributed by atoms with E-state index in [1.54, 1.807) is 63.2 Å². The Kier molecular flexibility index (Phi) is 13.7. The molecule has 0 saturated heterocycles. The van der Waals surface area contributed by atoms with Crippen molar-refractivity contribution in [3.63, 3.8) is 0 Å². The zero-order valence-electron chi connectivity index (χ0n) is 26.9. The van der Waals surface area contributed by atoms with Gasteiger partial charge < -0.3 is 29.0 Å². The fourth-order valence-corrected chi connectivity index (χ4v) is 4.37. The molecule has 0 spiro atoms. The van der Waals surface area contributed by atoms with Crippen LogP contribution >= 0.6 is 0 Å². The van der Waals surface area contributed by atoms with Crippen molar-refractivity contribution in [2.45, 2.75) is 84.5 Å². The van der Waals surface area contributed by atoms with E-state index < -0.39 is 29.7 Å². The normalized spacial score (nSPS) is 11.7. The Hall–Kier alpha value is -4.53. The van der Waals surface area contributed by atoms with Crippen molar-refractivity contribution < 1.29 is 38.1 Å². The highest BCUT2D eigenvalue weighted by molar-refractivity contribution is 5.91. The number of alkyl carbamates (subject to hydrolysis) is 1. The average Bonchev–Trinajstić information content (AvgIpc) is 3.02. The van der Waals surface area contributed by atoms with Crippen molar-refractivity contribution in [3.05, 3.63) is 89.5 Å². The zero-order chi connectivity index (χ0) is 32.7. The van der Waals surface area contributed by atoms with E-state index in [1.165, 1.54) is 26.4 Å². The van der Waals surface area contributed by atoms with Crippen LogP contribution in [0.5, 0.6) is 17.2 Å². The largest absolute Gasteiger partial charge is 0.494 e. The molecular weight excluding hydrogens is 574 g/mol. The Morgan fingerprint density at radius 3 is 2.20 bits per heavy atom. The summed E-state index contributed by atoms with van der Waals surface area (Å²) in [7, 11) is 1.45. The van der Waals surface area contributed by atoms with Gasteiger partial charge in [0.15, 0.2) is 11.5 Å². The number of nitrogens with one attached hydrogen (secondary N) is 1. The van der Waals surface area contributed by atoms with Gasteiger partial charge in [0.2, 0.25) is 0 Å². The van der Waals surface area contributed by atoms with Crippen molar-refractivity contribution in [1.82, 2.24) is 5.32 Å². The highest BCUT2D eigenvalue weighted by Crippen LogP contribution is 2.30. The number of methoxy groups -OCH3 is 1. The second-order valence-electron chi connectivity index (χ2n) is 11.7. The molecule has 3 aromatic rings. The SMILES string of the molecule is CCCCCCCOc1ccc(C(=O)Oc2ccc(C[C@H](NC(=O)OCc3ccccc3)C(=O)OC(C)(C)C)cc2OC)cc1. The first kappa shape index (κ1) is 35.0. The number of hydrogen-bond acceptors (Lipinski definition) is 8. The van der Waals surface area contributed by atoms with E-state index in [0.29, 0.717) is 29.2 Å². The zero-order valence-corrected chi connectivity index (χ0v) is 26.9. The number of ether oxygens (including phenoxy) is 5. The van der Waals surface area contributed by atoms with Crippen LogP contribution in [0.3, 0.4) is 0 Å². The quantitative estimate of drug-likeness (QED) is 0.100. The Labute approximate surface area is 266 Å². The van der Waals surface area contributed by atoms with Crippen molar-refractivity contribution in [1.29, 1.82) is 0 Å². The molecule has 0 aliphatic rings. The minimum atomic E-state index is -1.04. The predicted molar refractivity (Wildman–Crippen MR) is 172 cm³/mol. The van der Waals surface area contributed by atoms with E-state index in [0.717, 1.165) is 18.4 Å². The number of esters is 2. The number of benzene rings is 3. The maximum atomic E-state index is 13.0. The predicted octanol–water partition coefficient (Wildman–Crippen LogP) is 7.44. The maximum absolute atomic E-state index is 13.0. The number of amides is 1. The average molecular weight is 620 g/mol. The van der Waals surface area contributed by atoms with Crippen LogP contribution in [0.25, 0.3) is 0 Å². The lowest BCUT2D eigenvalue weighted by Crippen LogP contribution is -2.45. The van der Waals surface area contributed by atoms with Crippen LogP contribution in [-0.4, -0.2) is 43.4 Å². The third-order valence-corrected chi connectivity index (χ3v) is 6.67. The molecule has 9 heteroatoms. The van der Waals surface area contributed by atoms with Gasteiger partial charge in [0.25, 0.3) is 0 Å². The van der Waals surface area contributed by atoms with Gasteiger partial charge in [-0.05, 0) is 74.7 Å². The first-order chi connectivity index (χ1) is 21.6. The second-order valence-corrected chi connectivity index (χ2v) is 11.7. The highest BCUT2D eigenvalue weighted by atomic mass is 16.6. The molecule has 45 heavy (non-hydrogen) atoms. The van der Waals surface area contributed by atoms with E-state index in [-0.39, 0.29) is 18.8 Å². The van der Waals surface area contributed by atoms with E-state index >= 15 is 0 Å². The van der Waals surface area contributed by atoms with Crippen molar-refractivity contribution in [2.75, 3.05) is 13.7 Å². The monoisotopic (exact) mass is 619 g/mol. The molecule has 9 nitrogen and oxygen atoms in total. The van der Waals surface area contributed by atoms with Gasteiger partial charge in [-0.3, -0.25) is 0 Å². The van der Waals surface area contributed by atoms with E-state index in [9.17, 15) is 14.4 Å². The topological polar surface area (TPSA) is 109 Å². The minimum Gasteiger partial charge on any atom is -0.494 e. The molecule has 0 aromatic heterocycles. The number of hydrogen-bond donors (Lipinski definition) is 1. The number of carbonyl (C=O) groups is 3. The smallest absolute Gasteiger partial charge is 0.408 e. The molecular formula is C36H45NO8. The molecule has 0 saturated carbocycles. The molecule has 0 radical (unpaired) electrons. The van der Waals surface area contributed by atoms with Crippen LogP contribution in [0.2, 0.25) is 0 Å². The third kappa shape index (κ3) is 12.5. The molecule has 1 amide bonds. The van der Waals surface area contributed by atoms with E-state index in [2.05, 4.69) is 12.2 Å². The third-order valence-electron chi connectivity index (χ3n) is 6.67. The summed E-state index contributed by atoms with van der Waals surface area (Å²) in [5, 5.41) is 2.62. The lowest BCUT2D eigenvalue weighted by atomic mass is 10.0. The first-order valence-corrected chi connectivity index (χ1v) is 15.4. The summed E-state index contributed by atoms with van der Waals surface area (Å²) in [4.78, 5) is 38.5. The van der Waals surface area contributed by atoms with Crippen molar-refractivity contribution in [3.8, 4) is 17.2 Å². The van der Waals surface area contributed by atoms with Gasteiger partial charge >= 0.3 is 18.0 Å². The molecule has 0 unspecified atom stereocenters. The molecule has 0 aliphatic heterocycles. The number of unbranched alkanes of at least 4 members (excludes halogenated alkanes) is 4.